The summed E-state index contributed by atoms with van der Waals surface area (Å²) >= 11 is 1.94. The van der Waals surface area contributed by atoms with E-state index in [9.17, 15) is 0 Å². The number of thioether (sulfide) groups is 1. The lowest BCUT2D eigenvalue weighted by atomic mass is 10.1. The van der Waals surface area contributed by atoms with Crippen molar-refractivity contribution >= 4 is 22.5 Å². The number of hydrogen-bond donors (Lipinski definition) is 1. The number of nitrogen functional groups attached to an aromatic ring is 1. The van der Waals surface area contributed by atoms with Crippen molar-refractivity contribution in [2.75, 3.05) is 11.5 Å². The Labute approximate surface area is 94.0 Å². The molecule has 1 atom stereocenters. The highest BCUT2D eigenvalue weighted by atomic mass is 32.2. The molecule has 1 saturated carbocycles. The van der Waals surface area contributed by atoms with Gasteiger partial charge in [-0.25, -0.2) is 0 Å². The Balaban J connectivity index is 1.80. The summed E-state index contributed by atoms with van der Waals surface area (Å²) in [4.78, 5) is 4.79. The molecule has 3 rings (SSSR count). The van der Waals surface area contributed by atoms with Crippen LogP contribution in [0.1, 0.15) is 24.4 Å². The third kappa shape index (κ3) is 1.88. The predicted octanol–water partition coefficient (Wildman–Crippen LogP) is 2.87. The van der Waals surface area contributed by atoms with Crippen molar-refractivity contribution < 1.29 is 0 Å². The van der Waals surface area contributed by atoms with Gasteiger partial charge in [0.05, 0.1) is 11.1 Å². The van der Waals surface area contributed by atoms with E-state index in [1.807, 2.05) is 23.9 Å². The van der Waals surface area contributed by atoms with Crippen LogP contribution in [0.3, 0.4) is 0 Å². The smallest absolute Gasteiger partial charge is 0.0852 e. The monoisotopic (exact) mass is 218 g/mol. The average Bonchev–Trinajstić information content (AvgIpc) is 2.99. The van der Waals surface area contributed by atoms with Gasteiger partial charge in [-0.2, -0.15) is 0 Å². The highest BCUT2D eigenvalue weighted by Crippen LogP contribution is 2.41. The summed E-state index contributed by atoms with van der Waals surface area (Å²) in [6.45, 7) is 0. The first-order chi connectivity index (χ1) is 7.33. The minimum Gasteiger partial charge on any atom is -0.399 e. The molecule has 0 saturated heterocycles. The van der Waals surface area contributed by atoms with E-state index in [0.717, 1.165) is 17.4 Å². The van der Waals surface area contributed by atoms with Crippen LogP contribution in [0.25, 0.3) is 0 Å². The van der Waals surface area contributed by atoms with Crippen molar-refractivity contribution in [2.45, 2.75) is 18.9 Å². The van der Waals surface area contributed by atoms with Gasteiger partial charge in [-0.1, -0.05) is 12.1 Å². The summed E-state index contributed by atoms with van der Waals surface area (Å²) in [7, 11) is 0. The minimum atomic E-state index is 0.367. The summed E-state index contributed by atoms with van der Waals surface area (Å²) in [5.41, 5.74) is 7.80. The molecule has 0 aromatic heterocycles. The van der Waals surface area contributed by atoms with Crippen molar-refractivity contribution in [2.24, 2.45) is 10.9 Å². The van der Waals surface area contributed by atoms with Crippen LogP contribution >= 0.6 is 11.8 Å². The summed E-state index contributed by atoms with van der Waals surface area (Å²) in [5, 5.41) is 1.39. The lowest BCUT2D eigenvalue weighted by Crippen LogP contribution is -1.94. The molecule has 78 valence electrons. The second-order valence-corrected chi connectivity index (χ2v) is 5.28. The summed E-state index contributed by atoms with van der Waals surface area (Å²) in [6.07, 6.45) is 2.70. The van der Waals surface area contributed by atoms with Gasteiger partial charge in [0, 0.05) is 17.4 Å². The number of rotatable bonds is 2. The molecule has 1 fully saturated rings. The average molecular weight is 218 g/mol. The number of hydrogen-bond acceptors (Lipinski definition) is 3. The Hall–Kier alpha value is -0.960. The predicted molar refractivity (Wildman–Crippen MR) is 66.2 cm³/mol. The Morgan fingerprint density at radius 1 is 1.20 bits per heavy atom. The molecule has 1 aliphatic carbocycles. The molecule has 3 heteroatoms. The van der Waals surface area contributed by atoms with E-state index in [0.29, 0.717) is 6.04 Å². The van der Waals surface area contributed by atoms with Crippen molar-refractivity contribution in [1.29, 1.82) is 0 Å². The Bertz CT molecular complexity index is 393. The van der Waals surface area contributed by atoms with E-state index in [1.54, 1.807) is 0 Å². The van der Waals surface area contributed by atoms with Crippen molar-refractivity contribution in [3.05, 3.63) is 29.8 Å². The van der Waals surface area contributed by atoms with Gasteiger partial charge in [0.15, 0.2) is 0 Å². The van der Waals surface area contributed by atoms with Gasteiger partial charge >= 0.3 is 0 Å². The number of nitrogens with two attached hydrogens (primary N) is 1. The molecule has 2 N–H and O–H groups in total. The molecule has 1 aliphatic heterocycles. The molecule has 1 heterocycles. The number of anilines is 1. The van der Waals surface area contributed by atoms with E-state index in [2.05, 4.69) is 12.1 Å². The summed E-state index contributed by atoms with van der Waals surface area (Å²) in [5.74, 6) is 1.91. The number of benzene rings is 1. The van der Waals surface area contributed by atoms with Crippen LogP contribution in [-0.4, -0.2) is 10.8 Å². The maximum Gasteiger partial charge on any atom is 0.0852 e. The zero-order valence-electron chi connectivity index (χ0n) is 8.52. The van der Waals surface area contributed by atoms with Gasteiger partial charge in [-0.3, -0.25) is 4.99 Å². The highest BCUT2D eigenvalue weighted by Gasteiger charge is 2.32. The van der Waals surface area contributed by atoms with Gasteiger partial charge in [-0.15, -0.1) is 11.8 Å². The first-order valence-electron chi connectivity index (χ1n) is 5.39. The van der Waals surface area contributed by atoms with Crippen LogP contribution in [0.5, 0.6) is 0 Å². The Morgan fingerprint density at radius 2 is 1.93 bits per heavy atom. The summed E-state index contributed by atoms with van der Waals surface area (Å²) < 4.78 is 0. The number of nitrogens with zero attached hydrogens (tertiary/aromatic N) is 1. The molecular weight excluding hydrogens is 204 g/mol. The summed E-state index contributed by atoms with van der Waals surface area (Å²) in [6, 6.07) is 8.49. The third-order valence-corrected chi connectivity index (χ3v) is 4.14. The molecule has 15 heavy (non-hydrogen) atoms. The van der Waals surface area contributed by atoms with E-state index in [1.165, 1.54) is 23.4 Å². The van der Waals surface area contributed by atoms with Crippen molar-refractivity contribution in [1.82, 2.24) is 0 Å². The van der Waals surface area contributed by atoms with Gasteiger partial charge in [0.1, 0.15) is 0 Å². The molecule has 0 spiro atoms. The van der Waals surface area contributed by atoms with Crippen LogP contribution in [0.15, 0.2) is 29.3 Å². The van der Waals surface area contributed by atoms with E-state index < -0.39 is 0 Å². The lowest BCUT2D eigenvalue weighted by Gasteiger charge is -2.05. The number of aliphatic imine (C=N–C) groups is 1. The molecular formula is C12H14N2S. The molecule has 1 aromatic rings. The molecule has 0 bridgehead atoms. The van der Waals surface area contributed by atoms with Crippen LogP contribution in [0.4, 0.5) is 5.69 Å². The molecule has 1 aromatic carbocycles. The van der Waals surface area contributed by atoms with Crippen LogP contribution in [0.2, 0.25) is 0 Å². The molecule has 2 nitrogen and oxygen atoms in total. The largest absolute Gasteiger partial charge is 0.399 e. The zero-order valence-corrected chi connectivity index (χ0v) is 9.33. The van der Waals surface area contributed by atoms with Crippen LogP contribution in [-0.2, 0) is 0 Å². The molecule has 0 radical (unpaired) electrons. The van der Waals surface area contributed by atoms with Gasteiger partial charge in [0.2, 0.25) is 0 Å². The van der Waals surface area contributed by atoms with Crippen LogP contribution < -0.4 is 5.73 Å². The fourth-order valence-electron chi connectivity index (χ4n) is 1.83. The quantitative estimate of drug-likeness (QED) is 0.775. The van der Waals surface area contributed by atoms with Crippen LogP contribution in [0, 0.1) is 5.92 Å². The zero-order chi connectivity index (χ0) is 10.3. The molecule has 1 unspecified atom stereocenters. The fourth-order valence-corrected chi connectivity index (χ4v) is 3.10. The fraction of sp³-hybridized carbons (Fsp3) is 0.417. The normalized spacial score (nSPS) is 25.3. The van der Waals surface area contributed by atoms with Gasteiger partial charge < -0.3 is 5.73 Å². The topological polar surface area (TPSA) is 38.4 Å². The first kappa shape index (κ1) is 9.28. The lowest BCUT2D eigenvalue weighted by molar-refractivity contribution is 0.844. The second kappa shape index (κ2) is 3.56. The molecule has 0 amide bonds. The maximum atomic E-state index is 5.67. The Kier molecular flexibility index (Phi) is 2.20. The third-order valence-electron chi connectivity index (χ3n) is 2.92. The van der Waals surface area contributed by atoms with E-state index in [-0.39, 0.29) is 0 Å². The molecule has 2 aliphatic rings. The minimum absolute atomic E-state index is 0.367. The standard InChI is InChI=1S/C12H14N2S/c13-10-5-3-8(4-6-10)11-7-15-12(14-11)9-1-2-9/h3-6,9,11H,1-2,7,13H2. The maximum absolute atomic E-state index is 5.67. The van der Waals surface area contributed by atoms with Gasteiger partial charge in [-0.05, 0) is 30.5 Å². The second-order valence-electron chi connectivity index (χ2n) is 4.24. The van der Waals surface area contributed by atoms with Crippen molar-refractivity contribution in [3.63, 3.8) is 0 Å². The van der Waals surface area contributed by atoms with Gasteiger partial charge in [0.25, 0.3) is 0 Å². The van der Waals surface area contributed by atoms with E-state index >= 15 is 0 Å². The van der Waals surface area contributed by atoms with Crippen molar-refractivity contribution in [3.8, 4) is 0 Å². The van der Waals surface area contributed by atoms with E-state index in [4.69, 9.17) is 10.7 Å². The highest BCUT2D eigenvalue weighted by molar-refractivity contribution is 8.14. The Morgan fingerprint density at radius 3 is 2.60 bits per heavy atom. The first-order valence-corrected chi connectivity index (χ1v) is 6.37. The SMILES string of the molecule is Nc1ccc(C2CSC(C3CC3)=N2)cc1.